The molecule has 0 radical (unpaired) electrons. The van der Waals surface area contributed by atoms with Crippen molar-refractivity contribution in [2.45, 2.75) is 120 Å². The maximum absolute atomic E-state index is 14.8. The topological polar surface area (TPSA) is 274 Å². The van der Waals surface area contributed by atoms with Gasteiger partial charge in [-0.05, 0) is 111 Å². The number of benzene rings is 3. The molecule has 0 spiro atoms. The van der Waals surface area contributed by atoms with Crippen LogP contribution >= 0.6 is 22.9 Å². The molecule has 6 aromatic rings. The number of hydrogen-bond acceptors (Lipinski definition) is 20. The van der Waals surface area contributed by atoms with Crippen LogP contribution in [0.15, 0.2) is 83.3 Å². The van der Waals surface area contributed by atoms with Crippen molar-refractivity contribution >= 4 is 73.8 Å². The molecule has 2 saturated heterocycles. The lowest BCUT2D eigenvalue weighted by atomic mass is 9.83. The monoisotopic (exact) mass is 1290 g/mol. The molecule has 4 atom stereocenters. The Morgan fingerprint density at radius 1 is 0.921 bits per heavy atom. The first-order valence-corrected chi connectivity index (χ1v) is 32.7. The highest BCUT2D eigenvalue weighted by molar-refractivity contribution is 7.90. The Labute approximate surface area is 522 Å². The van der Waals surface area contributed by atoms with E-state index in [1.807, 2.05) is 30.0 Å². The van der Waals surface area contributed by atoms with Gasteiger partial charge in [0.05, 0.1) is 68.4 Å². The molecule has 3 aromatic carbocycles. The maximum atomic E-state index is 14.8. The largest absolute Gasteiger partial charge is 0.586 e. The number of alkyl halides is 3. The molecule has 5 aliphatic rings. The quantitative estimate of drug-likeness (QED) is 0.0395. The number of fused-ring (bicyclic) bond motifs is 1. The molecule has 6 heterocycles. The van der Waals surface area contributed by atoms with E-state index in [4.69, 9.17) is 45.5 Å². The van der Waals surface area contributed by atoms with E-state index in [9.17, 15) is 41.1 Å². The van der Waals surface area contributed by atoms with Crippen molar-refractivity contribution in [2.75, 3.05) is 67.7 Å². The summed E-state index contributed by atoms with van der Waals surface area (Å²) in [7, 11) is -3.78. The minimum atomic E-state index is -3.94. The number of amides is 3. The summed E-state index contributed by atoms with van der Waals surface area (Å²) < 4.78 is 93.0. The zero-order valence-electron chi connectivity index (χ0n) is 49.7. The first-order valence-electron chi connectivity index (χ1n) is 29.5. The van der Waals surface area contributed by atoms with Crippen molar-refractivity contribution in [3.8, 4) is 33.7 Å². The second-order valence-electron chi connectivity index (χ2n) is 24.3. The van der Waals surface area contributed by atoms with Crippen molar-refractivity contribution in [2.24, 2.45) is 17.3 Å². The van der Waals surface area contributed by atoms with E-state index in [-0.39, 0.29) is 107 Å². The minimum absolute atomic E-state index is 0.0157. The second kappa shape index (κ2) is 25.7. The van der Waals surface area contributed by atoms with Crippen LogP contribution in [-0.4, -0.2) is 143 Å². The molecule has 474 valence electrons. The summed E-state index contributed by atoms with van der Waals surface area (Å²) in [5.74, 6) is -1.16. The normalized spacial score (nSPS) is 20.9. The maximum Gasteiger partial charge on any atom is 0.586 e. The summed E-state index contributed by atoms with van der Waals surface area (Å²) in [6, 6.07) is 14.6. The lowest BCUT2D eigenvalue weighted by Crippen LogP contribution is -2.59. The lowest BCUT2D eigenvalue weighted by Gasteiger charge is -2.35. The molecule has 3 aliphatic heterocycles. The Hall–Kier alpha value is -7.59. The van der Waals surface area contributed by atoms with Gasteiger partial charge in [-0.1, -0.05) is 56.6 Å². The van der Waals surface area contributed by atoms with Crippen LogP contribution in [0.4, 0.5) is 36.4 Å². The summed E-state index contributed by atoms with van der Waals surface area (Å²) in [5.41, 5.74) is 2.31. The number of aliphatic hydroxyl groups excluding tert-OH is 1. The van der Waals surface area contributed by atoms with Crippen molar-refractivity contribution < 1.29 is 60.0 Å². The Morgan fingerprint density at radius 2 is 1.66 bits per heavy atom. The van der Waals surface area contributed by atoms with Crippen LogP contribution in [0.3, 0.4) is 0 Å². The number of anilines is 4. The SMILES string of the molecule is Cc1ncsc1-c1ccc(CNC(=O)[C@@H]2C[C@@H](O)CN2C(=O)[C@@H](NC(=O)C2(F)CC2)C(C)(C)C)c(OC[C@H]2CC[C@H](COc3nc(Nc4cc(S(C)(=O)=O)ccc4N[C@@H](c4cccc5c4OC(F)(F)O5)c4ncccc4Cl)nc(N4CCNCC4)n3)CC2)c1. The number of nitrogens with zero attached hydrogens (tertiary/aromatic N) is 7. The van der Waals surface area contributed by atoms with E-state index in [0.717, 1.165) is 48.1 Å². The molecule has 2 saturated carbocycles. The van der Waals surface area contributed by atoms with Gasteiger partial charge in [0.25, 0.3) is 5.91 Å². The zero-order valence-corrected chi connectivity index (χ0v) is 52.0. The average Bonchev–Trinajstić information content (AvgIpc) is 2.53. The van der Waals surface area contributed by atoms with Crippen molar-refractivity contribution in [1.29, 1.82) is 0 Å². The van der Waals surface area contributed by atoms with Gasteiger partial charge in [-0.3, -0.25) is 19.4 Å². The summed E-state index contributed by atoms with van der Waals surface area (Å²) in [4.78, 5) is 68.4. The van der Waals surface area contributed by atoms with Gasteiger partial charge in [-0.25, -0.2) is 17.8 Å². The third-order valence-electron chi connectivity index (χ3n) is 16.6. The van der Waals surface area contributed by atoms with Gasteiger partial charge < -0.3 is 60.4 Å². The number of para-hydroxylation sites is 1. The van der Waals surface area contributed by atoms with E-state index in [2.05, 4.69) is 36.6 Å². The fourth-order valence-corrected chi connectivity index (χ4v) is 13.1. The second-order valence-corrected chi connectivity index (χ2v) is 27.6. The molecule has 11 rings (SSSR count). The van der Waals surface area contributed by atoms with E-state index >= 15 is 0 Å². The van der Waals surface area contributed by atoms with E-state index < -0.39 is 69.2 Å². The molecule has 3 amide bonds. The van der Waals surface area contributed by atoms with Crippen LogP contribution in [0.25, 0.3) is 10.4 Å². The lowest BCUT2D eigenvalue weighted by molar-refractivity contribution is -0.287. The van der Waals surface area contributed by atoms with Crippen molar-refractivity contribution in [3.05, 3.63) is 106 Å². The molecule has 28 heteroatoms. The number of aromatic nitrogens is 5. The highest BCUT2D eigenvalue weighted by atomic mass is 35.5. The number of aliphatic hydroxyl groups is 1. The van der Waals surface area contributed by atoms with Gasteiger partial charge in [-0.15, -0.1) is 20.1 Å². The number of rotatable bonds is 21. The number of ether oxygens (including phenoxy) is 4. The standard InChI is InChI=1S/C61H70ClF3N12O10S2/c1-34-51(88-33-69-34)37-15-16-38(29-68-53(79)45-27-39(78)30-77(45)54(80)52(59(2,3)4)72-55(81)60(63)19-20-60)47(26-37)84-31-35-11-13-36(14-12-35)32-85-58-74-56(73-57(75-58)76-24-22-66-23-25-76)71-44-28-40(89(5,82)83)17-18-43(44)70-48(49-42(62)9-7-21-67-49)41-8-6-10-46-50(41)87-61(64,65)86-46/h6-10,15-18,21,26,28,33,35-36,39,45,48,52,66,70,78H,11-14,19-20,22-25,27,29-32H2,1-5H3,(H,68,79)(H,72,81)(H,71,73,74,75)/t35-,36-,39-,45+,48+,52-/m1/s1. The number of β-amino-alcohol motifs (C(OH)–C–C–N with tert-alkyl or cyclic N) is 1. The molecule has 4 fully saturated rings. The fourth-order valence-electron chi connectivity index (χ4n) is 11.4. The number of sulfone groups is 1. The van der Waals surface area contributed by atoms with Crippen LogP contribution in [0, 0.1) is 24.2 Å². The van der Waals surface area contributed by atoms with Gasteiger partial charge in [0.15, 0.2) is 27.0 Å². The summed E-state index contributed by atoms with van der Waals surface area (Å²) in [5, 5.41) is 26.5. The van der Waals surface area contributed by atoms with Crippen molar-refractivity contribution in [3.63, 3.8) is 0 Å². The van der Waals surface area contributed by atoms with Gasteiger partial charge in [-0.2, -0.15) is 15.0 Å². The van der Waals surface area contributed by atoms with E-state index in [0.29, 0.717) is 50.0 Å². The Morgan fingerprint density at radius 3 is 2.35 bits per heavy atom. The van der Waals surface area contributed by atoms with Crippen LogP contribution in [0.5, 0.6) is 23.3 Å². The molecule has 0 unspecified atom stereocenters. The fraction of sp³-hybridized carbons (Fsp3) is 0.475. The number of thiazole rings is 1. The molecule has 3 aromatic heterocycles. The molecular weight excluding hydrogens is 1220 g/mol. The minimum Gasteiger partial charge on any atom is -0.493 e. The van der Waals surface area contributed by atoms with Crippen molar-refractivity contribution in [1.82, 2.24) is 45.8 Å². The number of likely N-dealkylation sites (tertiary alicyclic amines) is 1. The molecule has 22 nitrogen and oxygen atoms in total. The third kappa shape index (κ3) is 14.7. The molecular formula is C61H70ClF3N12O10S2. The first kappa shape index (κ1) is 63.0. The van der Waals surface area contributed by atoms with Crippen LogP contribution in [-0.2, 0) is 30.8 Å². The number of halogens is 4. The number of aryl methyl sites for hydroxylation is 1. The van der Waals surface area contributed by atoms with E-state index in [1.165, 1.54) is 52.8 Å². The predicted molar refractivity (Wildman–Crippen MR) is 326 cm³/mol. The smallest absolute Gasteiger partial charge is 0.493 e. The first-order chi connectivity index (χ1) is 42.4. The summed E-state index contributed by atoms with van der Waals surface area (Å²) in [6.45, 7) is 10.2. The van der Waals surface area contributed by atoms with E-state index in [1.54, 1.807) is 44.5 Å². The number of carbonyl (C=O) groups is 3. The number of nitrogens with one attached hydrogen (secondary N) is 5. The Balaban J connectivity index is 0.770. The number of hydrogen-bond donors (Lipinski definition) is 6. The molecule has 0 bridgehead atoms. The predicted octanol–water partition coefficient (Wildman–Crippen LogP) is 8.31. The molecule has 89 heavy (non-hydrogen) atoms. The summed E-state index contributed by atoms with van der Waals surface area (Å²) >= 11 is 8.23. The highest BCUT2D eigenvalue weighted by Gasteiger charge is 2.53. The van der Waals surface area contributed by atoms with Gasteiger partial charge >= 0.3 is 12.3 Å². The van der Waals surface area contributed by atoms with Crippen LogP contribution < -0.4 is 50.4 Å². The number of carbonyl (C=O) groups excluding carboxylic acids is 3. The summed E-state index contributed by atoms with van der Waals surface area (Å²) in [6.07, 6.45) is 0.997. The average molecular weight is 1290 g/mol. The van der Waals surface area contributed by atoms with Gasteiger partial charge in [0.1, 0.15) is 17.8 Å². The number of piperazine rings is 1. The molecule has 2 aliphatic carbocycles. The Kier molecular flexibility index (Phi) is 18.2. The number of pyridine rings is 1. The highest BCUT2D eigenvalue weighted by Crippen LogP contribution is 2.48. The van der Waals surface area contributed by atoms with Crippen LogP contribution in [0.1, 0.15) is 94.3 Å². The molecule has 6 N–H and O–H groups in total. The Bertz CT molecular complexity index is 3730. The third-order valence-corrected chi connectivity index (χ3v) is 19.0. The zero-order chi connectivity index (χ0) is 63.0. The van der Waals surface area contributed by atoms with Gasteiger partial charge in [0, 0.05) is 69.3 Å². The van der Waals surface area contributed by atoms with Gasteiger partial charge in [0.2, 0.25) is 23.7 Å². The van der Waals surface area contributed by atoms with Crippen LogP contribution in [0.2, 0.25) is 5.02 Å².